The molecule has 3 rings (SSSR count). The van der Waals surface area contributed by atoms with Gasteiger partial charge in [0.1, 0.15) is 5.75 Å². The van der Waals surface area contributed by atoms with Crippen LogP contribution in [0.4, 0.5) is 0 Å². The van der Waals surface area contributed by atoms with Gasteiger partial charge in [-0.1, -0.05) is 35.9 Å². The van der Waals surface area contributed by atoms with Crippen LogP contribution in [0.2, 0.25) is 5.02 Å². The SMILES string of the molecule is ClCc1ccnc(Oc2ccc(Cl)c3ccccc23)c1. The van der Waals surface area contributed by atoms with Crippen molar-refractivity contribution < 1.29 is 4.74 Å². The van der Waals surface area contributed by atoms with E-state index in [0.29, 0.717) is 16.8 Å². The number of halogens is 2. The van der Waals surface area contributed by atoms with Gasteiger partial charge in [-0.3, -0.25) is 0 Å². The first-order chi connectivity index (χ1) is 9.78. The lowest BCUT2D eigenvalue weighted by atomic mass is 10.1. The van der Waals surface area contributed by atoms with Gasteiger partial charge in [-0.25, -0.2) is 4.98 Å². The van der Waals surface area contributed by atoms with Gasteiger partial charge in [-0.2, -0.15) is 0 Å². The Morgan fingerprint density at radius 1 is 1.00 bits per heavy atom. The molecule has 0 aliphatic rings. The highest BCUT2D eigenvalue weighted by molar-refractivity contribution is 6.35. The molecular weight excluding hydrogens is 293 g/mol. The van der Waals surface area contributed by atoms with Gasteiger partial charge in [0.25, 0.3) is 0 Å². The maximum atomic E-state index is 6.19. The summed E-state index contributed by atoms with van der Waals surface area (Å²) in [6.07, 6.45) is 1.69. The van der Waals surface area contributed by atoms with E-state index >= 15 is 0 Å². The summed E-state index contributed by atoms with van der Waals surface area (Å²) >= 11 is 12.0. The van der Waals surface area contributed by atoms with Crippen molar-refractivity contribution in [2.75, 3.05) is 0 Å². The quantitative estimate of drug-likeness (QED) is 0.603. The van der Waals surface area contributed by atoms with E-state index in [1.807, 2.05) is 48.5 Å². The smallest absolute Gasteiger partial charge is 0.219 e. The minimum Gasteiger partial charge on any atom is -0.438 e. The van der Waals surface area contributed by atoms with Gasteiger partial charge in [0.05, 0.1) is 0 Å². The number of nitrogens with zero attached hydrogens (tertiary/aromatic N) is 1. The average molecular weight is 304 g/mol. The van der Waals surface area contributed by atoms with Crippen LogP contribution in [0.15, 0.2) is 54.7 Å². The van der Waals surface area contributed by atoms with E-state index in [1.165, 1.54) is 0 Å². The van der Waals surface area contributed by atoms with E-state index in [1.54, 1.807) is 6.20 Å². The molecule has 0 radical (unpaired) electrons. The van der Waals surface area contributed by atoms with Crippen LogP contribution in [0.1, 0.15) is 5.56 Å². The highest BCUT2D eigenvalue weighted by Gasteiger charge is 2.07. The number of hydrogen-bond acceptors (Lipinski definition) is 2. The Labute approximate surface area is 126 Å². The fraction of sp³-hybridized carbons (Fsp3) is 0.0625. The first-order valence-corrected chi connectivity index (χ1v) is 7.05. The molecule has 0 N–H and O–H groups in total. The van der Waals surface area contributed by atoms with Crippen molar-refractivity contribution >= 4 is 34.0 Å². The summed E-state index contributed by atoms with van der Waals surface area (Å²) in [6, 6.07) is 15.2. The maximum Gasteiger partial charge on any atom is 0.219 e. The Hall–Kier alpha value is -1.77. The molecule has 20 heavy (non-hydrogen) atoms. The molecule has 0 saturated carbocycles. The fourth-order valence-electron chi connectivity index (χ4n) is 2.03. The Balaban J connectivity index is 2.04. The van der Waals surface area contributed by atoms with E-state index in [2.05, 4.69) is 4.98 Å². The minimum atomic E-state index is 0.431. The summed E-state index contributed by atoms with van der Waals surface area (Å²) in [5.41, 5.74) is 0.968. The molecule has 4 heteroatoms. The molecule has 1 aromatic heterocycles. The van der Waals surface area contributed by atoms with Gasteiger partial charge in [-0.05, 0) is 23.8 Å². The summed E-state index contributed by atoms with van der Waals surface area (Å²) in [4.78, 5) is 4.20. The Morgan fingerprint density at radius 3 is 2.60 bits per heavy atom. The van der Waals surface area contributed by atoms with E-state index in [0.717, 1.165) is 22.1 Å². The summed E-state index contributed by atoms with van der Waals surface area (Å²) < 4.78 is 5.86. The second-order valence-electron chi connectivity index (χ2n) is 4.33. The third-order valence-corrected chi connectivity index (χ3v) is 3.64. The number of alkyl halides is 1. The standard InChI is InChI=1S/C16H11Cl2NO/c17-10-11-7-8-19-16(9-11)20-15-6-5-14(18)12-3-1-2-4-13(12)15/h1-9H,10H2. The van der Waals surface area contributed by atoms with Crippen LogP contribution < -0.4 is 4.74 Å². The first-order valence-electron chi connectivity index (χ1n) is 6.14. The second-order valence-corrected chi connectivity index (χ2v) is 5.00. The zero-order valence-corrected chi connectivity index (χ0v) is 12.0. The predicted molar refractivity (Wildman–Crippen MR) is 82.8 cm³/mol. The van der Waals surface area contributed by atoms with E-state index in [-0.39, 0.29) is 0 Å². The van der Waals surface area contributed by atoms with Gasteiger partial charge in [0.2, 0.25) is 5.88 Å². The Kier molecular flexibility index (Phi) is 3.77. The lowest BCUT2D eigenvalue weighted by molar-refractivity contribution is 0.467. The molecule has 0 bridgehead atoms. The van der Waals surface area contributed by atoms with Gasteiger partial charge >= 0.3 is 0 Å². The predicted octanol–water partition coefficient (Wildman–Crippen LogP) is 5.42. The van der Waals surface area contributed by atoms with Gasteiger partial charge < -0.3 is 4.74 Å². The Bertz CT molecular complexity index is 758. The summed E-state index contributed by atoms with van der Waals surface area (Å²) in [7, 11) is 0. The number of ether oxygens (including phenoxy) is 1. The fourth-order valence-corrected chi connectivity index (χ4v) is 2.42. The minimum absolute atomic E-state index is 0.431. The third-order valence-electron chi connectivity index (χ3n) is 3.00. The first kappa shape index (κ1) is 13.2. The van der Waals surface area contributed by atoms with Crippen molar-refractivity contribution in [2.24, 2.45) is 0 Å². The summed E-state index contributed by atoms with van der Waals surface area (Å²) in [6.45, 7) is 0. The van der Waals surface area contributed by atoms with Crippen molar-refractivity contribution in [2.45, 2.75) is 5.88 Å². The van der Waals surface area contributed by atoms with Crippen molar-refractivity contribution in [3.8, 4) is 11.6 Å². The van der Waals surface area contributed by atoms with Crippen LogP contribution in [0.5, 0.6) is 11.6 Å². The normalized spacial score (nSPS) is 10.7. The zero-order valence-electron chi connectivity index (χ0n) is 10.5. The van der Waals surface area contributed by atoms with Crippen molar-refractivity contribution in [3.05, 3.63) is 65.3 Å². The van der Waals surface area contributed by atoms with Gasteiger partial charge in [0.15, 0.2) is 0 Å². The van der Waals surface area contributed by atoms with Crippen LogP contribution in [0, 0.1) is 0 Å². The molecule has 0 aliphatic carbocycles. The highest BCUT2D eigenvalue weighted by Crippen LogP contribution is 2.33. The van der Waals surface area contributed by atoms with Crippen molar-refractivity contribution in [1.29, 1.82) is 0 Å². The molecule has 2 aromatic carbocycles. The van der Waals surface area contributed by atoms with E-state index in [9.17, 15) is 0 Å². The largest absolute Gasteiger partial charge is 0.438 e. The van der Waals surface area contributed by atoms with E-state index in [4.69, 9.17) is 27.9 Å². The monoisotopic (exact) mass is 303 g/mol. The lowest BCUT2D eigenvalue weighted by Crippen LogP contribution is -1.90. The molecule has 3 aromatic rings. The third kappa shape index (κ3) is 2.58. The van der Waals surface area contributed by atoms with Gasteiger partial charge in [0, 0.05) is 33.9 Å². The number of aromatic nitrogens is 1. The molecular formula is C16H11Cl2NO. The van der Waals surface area contributed by atoms with Crippen LogP contribution in [-0.4, -0.2) is 4.98 Å². The van der Waals surface area contributed by atoms with E-state index < -0.39 is 0 Å². The van der Waals surface area contributed by atoms with Gasteiger partial charge in [-0.15, -0.1) is 11.6 Å². The maximum absolute atomic E-state index is 6.19. The van der Waals surface area contributed by atoms with Crippen molar-refractivity contribution in [3.63, 3.8) is 0 Å². The highest BCUT2D eigenvalue weighted by atomic mass is 35.5. The van der Waals surface area contributed by atoms with Crippen LogP contribution in [0.3, 0.4) is 0 Å². The molecule has 2 nitrogen and oxygen atoms in total. The molecule has 0 amide bonds. The number of fused-ring (bicyclic) bond motifs is 1. The molecule has 0 saturated heterocycles. The molecule has 100 valence electrons. The van der Waals surface area contributed by atoms with Crippen molar-refractivity contribution in [1.82, 2.24) is 4.98 Å². The van der Waals surface area contributed by atoms with Crippen LogP contribution >= 0.6 is 23.2 Å². The number of benzene rings is 2. The topological polar surface area (TPSA) is 22.1 Å². The average Bonchev–Trinajstić information content (AvgIpc) is 2.51. The zero-order chi connectivity index (χ0) is 13.9. The number of pyridine rings is 1. The number of hydrogen-bond donors (Lipinski definition) is 0. The number of rotatable bonds is 3. The second kappa shape index (κ2) is 5.70. The Morgan fingerprint density at radius 2 is 1.80 bits per heavy atom. The molecule has 1 heterocycles. The summed E-state index contributed by atoms with van der Waals surface area (Å²) in [5.74, 6) is 1.68. The summed E-state index contributed by atoms with van der Waals surface area (Å²) in [5, 5.41) is 2.62. The van der Waals surface area contributed by atoms with Crippen LogP contribution in [0.25, 0.3) is 10.8 Å². The molecule has 0 spiro atoms. The lowest BCUT2D eigenvalue weighted by Gasteiger charge is -2.09. The molecule has 0 unspecified atom stereocenters. The van der Waals surface area contributed by atoms with Crippen LogP contribution in [-0.2, 0) is 5.88 Å². The molecule has 0 atom stereocenters. The molecule has 0 fully saturated rings. The molecule has 0 aliphatic heterocycles.